The van der Waals surface area contributed by atoms with Crippen LogP contribution in [0.5, 0.6) is 5.75 Å². The number of morpholine rings is 1. The zero-order valence-corrected chi connectivity index (χ0v) is 16.9. The second kappa shape index (κ2) is 9.96. The van der Waals surface area contributed by atoms with Crippen molar-refractivity contribution in [1.82, 2.24) is 4.90 Å². The SMILES string of the molecule is NC[C@H](C(=O)Nc1ccc(N2CCOCC2=O)cc1OC(F)F)N(CC(F)(F)F)C1CC1. The van der Waals surface area contributed by atoms with Crippen LogP contribution in [0.3, 0.4) is 0 Å². The zero-order valence-electron chi connectivity index (χ0n) is 16.9. The van der Waals surface area contributed by atoms with E-state index in [1.165, 1.54) is 17.0 Å². The van der Waals surface area contributed by atoms with Gasteiger partial charge in [0.15, 0.2) is 5.75 Å². The molecule has 1 heterocycles. The number of nitrogens with two attached hydrogens (primary N) is 1. The minimum absolute atomic E-state index is 0.169. The highest BCUT2D eigenvalue weighted by atomic mass is 19.4. The standard InChI is InChI=1S/C19H23F5N4O4/c20-18(21)32-15-7-12(27-5-6-31-9-16(27)29)3-4-13(15)26-17(30)14(8-25)28(11-1-2-11)10-19(22,23)24/h3-4,7,11,14,18H,1-2,5-6,8-10,25H2,(H,26,30)/t14-/m1/s1. The molecule has 3 N–H and O–H groups in total. The molecule has 0 bridgehead atoms. The third-order valence-corrected chi connectivity index (χ3v) is 5.04. The molecule has 178 valence electrons. The molecule has 2 fully saturated rings. The van der Waals surface area contributed by atoms with Gasteiger partial charge in [-0.15, -0.1) is 0 Å². The summed E-state index contributed by atoms with van der Waals surface area (Å²) >= 11 is 0. The number of hydrogen-bond donors (Lipinski definition) is 2. The maximum atomic E-state index is 13.0. The number of nitrogens with one attached hydrogen (secondary N) is 1. The molecule has 1 aromatic carbocycles. The Morgan fingerprint density at radius 2 is 2.06 bits per heavy atom. The maximum absolute atomic E-state index is 13.0. The van der Waals surface area contributed by atoms with Crippen LogP contribution in [0.1, 0.15) is 12.8 Å². The van der Waals surface area contributed by atoms with E-state index in [0.717, 1.165) is 11.0 Å². The molecule has 2 amide bonds. The number of carbonyl (C=O) groups excluding carboxylic acids is 2. The lowest BCUT2D eigenvalue weighted by Gasteiger charge is -2.31. The molecule has 13 heteroatoms. The predicted molar refractivity (Wildman–Crippen MR) is 104 cm³/mol. The minimum Gasteiger partial charge on any atom is -0.433 e. The van der Waals surface area contributed by atoms with Crippen molar-refractivity contribution in [3.8, 4) is 5.75 Å². The first kappa shape index (κ1) is 24.1. The molecule has 0 spiro atoms. The van der Waals surface area contributed by atoms with E-state index in [2.05, 4.69) is 10.1 Å². The molecule has 1 saturated carbocycles. The van der Waals surface area contributed by atoms with Gasteiger partial charge in [-0.05, 0) is 25.0 Å². The number of halogens is 5. The quantitative estimate of drug-likeness (QED) is 0.540. The third kappa shape index (κ3) is 6.26. The molecule has 1 aliphatic carbocycles. The van der Waals surface area contributed by atoms with E-state index in [1.807, 2.05) is 0 Å². The van der Waals surface area contributed by atoms with Gasteiger partial charge < -0.3 is 25.4 Å². The number of carbonyl (C=O) groups is 2. The molecular weight excluding hydrogens is 443 g/mol. The van der Waals surface area contributed by atoms with E-state index < -0.39 is 49.6 Å². The molecule has 1 aromatic rings. The first-order valence-electron chi connectivity index (χ1n) is 9.89. The summed E-state index contributed by atoms with van der Waals surface area (Å²) in [6.45, 7) is -4.67. The Kier molecular flexibility index (Phi) is 7.51. The summed E-state index contributed by atoms with van der Waals surface area (Å²) in [5.74, 6) is -1.70. The molecule has 2 aliphatic rings. The Morgan fingerprint density at radius 1 is 1.34 bits per heavy atom. The number of amides is 2. The van der Waals surface area contributed by atoms with Crippen LogP contribution in [0, 0.1) is 0 Å². The molecule has 8 nitrogen and oxygen atoms in total. The molecule has 1 aliphatic heterocycles. The van der Waals surface area contributed by atoms with Crippen LogP contribution in [0.4, 0.5) is 33.3 Å². The molecule has 1 atom stereocenters. The van der Waals surface area contributed by atoms with Crippen molar-refractivity contribution in [3.05, 3.63) is 18.2 Å². The van der Waals surface area contributed by atoms with Crippen LogP contribution in [0.2, 0.25) is 0 Å². The normalized spacial score (nSPS) is 18.2. The molecular formula is C19H23F5N4O4. The van der Waals surface area contributed by atoms with Gasteiger partial charge in [0.2, 0.25) is 5.91 Å². The molecule has 0 aromatic heterocycles. The van der Waals surface area contributed by atoms with Crippen molar-refractivity contribution in [2.45, 2.75) is 37.7 Å². The number of ether oxygens (including phenoxy) is 2. The zero-order chi connectivity index (χ0) is 23.5. The van der Waals surface area contributed by atoms with Crippen LogP contribution < -0.4 is 20.7 Å². The van der Waals surface area contributed by atoms with Crippen LogP contribution in [-0.4, -0.2) is 74.4 Å². The van der Waals surface area contributed by atoms with Crippen molar-refractivity contribution >= 4 is 23.2 Å². The van der Waals surface area contributed by atoms with E-state index in [9.17, 15) is 31.5 Å². The number of alkyl halides is 5. The summed E-state index contributed by atoms with van der Waals surface area (Å²) in [6.07, 6.45) is -3.53. The molecule has 1 saturated heterocycles. The monoisotopic (exact) mass is 466 g/mol. The van der Waals surface area contributed by atoms with Crippen molar-refractivity contribution < 1.29 is 41.0 Å². The predicted octanol–water partition coefficient (Wildman–Crippen LogP) is 1.94. The van der Waals surface area contributed by atoms with Gasteiger partial charge in [-0.25, -0.2) is 0 Å². The van der Waals surface area contributed by atoms with Crippen LogP contribution >= 0.6 is 0 Å². The highest BCUT2D eigenvalue weighted by Gasteiger charge is 2.43. The first-order valence-corrected chi connectivity index (χ1v) is 9.89. The first-order chi connectivity index (χ1) is 15.1. The van der Waals surface area contributed by atoms with E-state index in [4.69, 9.17) is 10.5 Å². The summed E-state index contributed by atoms with van der Waals surface area (Å²) in [4.78, 5) is 27.1. The third-order valence-electron chi connectivity index (χ3n) is 5.04. The van der Waals surface area contributed by atoms with E-state index >= 15 is 0 Å². The van der Waals surface area contributed by atoms with E-state index in [1.54, 1.807) is 0 Å². The van der Waals surface area contributed by atoms with Gasteiger partial charge in [-0.3, -0.25) is 14.5 Å². The number of hydrogen-bond acceptors (Lipinski definition) is 6. The summed E-state index contributed by atoms with van der Waals surface area (Å²) in [5, 5.41) is 2.34. The van der Waals surface area contributed by atoms with Gasteiger partial charge in [-0.2, -0.15) is 22.0 Å². The lowest BCUT2D eigenvalue weighted by Crippen LogP contribution is -2.52. The maximum Gasteiger partial charge on any atom is 0.401 e. The minimum atomic E-state index is -4.54. The Labute approximate surface area is 180 Å². The number of benzene rings is 1. The van der Waals surface area contributed by atoms with Gasteiger partial charge in [0.05, 0.1) is 18.8 Å². The Hall–Kier alpha value is -2.51. The second-order valence-corrected chi connectivity index (χ2v) is 7.42. The second-order valence-electron chi connectivity index (χ2n) is 7.42. The Balaban J connectivity index is 1.82. The fraction of sp³-hybridized carbons (Fsp3) is 0.579. The molecule has 32 heavy (non-hydrogen) atoms. The summed E-state index contributed by atoms with van der Waals surface area (Å²) in [7, 11) is 0. The fourth-order valence-electron chi connectivity index (χ4n) is 3.48. The summed E-state index contributed by atoms with van der Waals surface area (Å²) < 4.78 is 74.4. The van der Waals surface area contributed by atoms with Gasteiger partial charge in [0, 0.05) is 30.9 Å². The number of nitrogens with zero attached hydrogens (tertiary/aromatic N) is 2. The lowest BCUT2D eigenvalue weighted by atomic mass is 10.2. The Morgan fingerprint density at radius 3 is 2.62 bits per heavy atom. The van der Waals surface area contributed by atoms with Crippen molar-refractivity contribution in [3.63, 3.8) is 0 Å². The van der Waals surface area contributed by atoms with E-state index in [-0.39, 0.29) is 37.0 Å². The topological polar surface area (TPSA) is 97.1 Å². The van der Waals surface area contributed by atoms with Gasteiger partial charge >= 0.3 is 12.8 Å². The van der Waals surface area contributed by atoms with E-state index in [0.29, 0.717) is 12.8 Å². The fourth-order valence-corrected chi connectivity index (χ4v) is 3.48. The number of rotatable bonds is 9. The lowest BCUT2D eigenvalue weighted by molar-refractivity contribution is -0.154. The van der Waals surface area contributed by atoms with Gasteiger partial charge in [-0.1, -0.05) is 0 Å². The van der Waals surface area contributed by atoms with Gasteiger partial charge in [0.25, 0.3) is 5.91 Å². The van der Waals surface area contributed by atoms with Crippen LogP contribution in [0.15, 0.2) is 18.2 Å². The largest absolute Gasteiger partial charge is 0.433 e. The molecule has 0 radical (unpaired) electrons. The average molecular weight is 466 g/mol. The molecule has 0 unspecified atom stereocenters. The number of anilines is 2. The highest BCUT2D eigenvalue weighted by molar-refractivity contribution is 5.98. The van der Waals surface area contributed by atoms with Crippen LogP contribution in [0.25, 0.3) is 0 Å². The summed E-state index contributed by atoms with van der Waals surface area (Å²) in [5.41, 5.74) is 5.66. The molecule has 3 rings (SSSR count). The smallest absolute Gasteiger partial charge is 0.401 e. The highest BCUT2D eigenvalue weighted by Crippen LogP contribution is 2.34. The van der Waals surface area contributed by atoms with Crippen molar-refractivity contribution in [2.75, 3.05) is 43.1 Å². The van der Waals surface area contributed by atoms with Crippen molar-refractivity contribution in [2.24, 2.45) is 5.73 Å². The van der Waals surface area contributed by atoms with Gasteiger partial charge in [0.1, 0.15) is 12.6 Å². The van der Waals surface area contributed by atoms with Crippen molar-refractivity contribution in [1.29, 1.82) is 0 Å². The van der Waals surface area contributed by atoms with Crippen LogP contribution in [-0.2, 0) is 14.3 Å². The average Bonchev–Trinajstić information content (AvgIpc) is 3.53. The summed E-state index contributed by atoms with van der Waals surface area (Å²) in [6, 6.07) is 2.05. The Bertz CT molecular complexity index is 834.